The van der Waals surface area contributed by atoms with Crippen LogP contribution in [0, 0.1) is 0 Å². The van der Waals surface area contributed by atoms with Crippen molar-refractivity contribution in [3.8, 4) is 17.1 Å². The van der Waals surface area contributed by atoms with Gasteiger partial charge in [-0.15, -0.1) is 12.4 Å². The molecule has 0 atom stereocenters. The second kappa shape index (κ2) is 8.34. The number of nitrogens with zero attached hydrogens (tertiary/aromatic N) is 2. The second-order valence-electron chi connectivity index (χ2n) is 6.34. The molecule has 0 unspecified atom stereocenters. The zero-order chi connectivity index (χ0) is 17.1. The molecule has 0 fully saturated rings. The van der Waals surface area contributed by atoms with Gasteiger partial charge < -0.3 is 15.0 Å². The average Bonchev–Trinajstić information content (AvgIpc) is 3.15. The lowest BCUT2D eigenvalue weighted by Crippen LogP contribution is -2.03. The molecule has 0 amide bonds. The molecule has 6 heteroatoms. The van der Waals surface area contributed by atoms with Gasteiger partial charge >= 0.3 is 0 Å². The summed E-state index contributed by atoms with van der Waals surface area (Å²) in [5, 5.41) is 4.03. The van der Waals surface area contributed by atoms with Crippen molar-refractivity contribution in [3.63, 3.8) is 0 Å². The van der Waals surface area contributed by atoms with Crippen molar-refractivity contribution in [2.75, 3.05) is 0 Å². The number of aromatic nitrogens is 2. The number of aryl methyl sites for hydroxylation is 2. The van der Waals surface area contributed by atoms with Gasteiger partial charge in [-0.25, -0.2) is 0 Å². The van der Waals surface area contributed by atoms with Crippen LogP contribution in [0.25, 0.3) is 11.4 Å². The number of benzene rings is 2. The Morgan fingerprint density at radius 3 is 2.54 bits per heavy atom. The minimum Gasteiger partial charge on any atom is -0.484 e. The summed E-state index contributed by atoms with van der Waals surface area (Å²) >= 11 is 0. The lowest BCUT2D eigenvalue weighted by Gasteiger charge is -2.16. The predicted octanol–water partition coefficient (Wildman–Crippen LogP) is 4.07. The molecule has 0 aliphatic heterocycles. The standard InChI is InChI=1S/C20H21N3O2.ClH/c21-12-14-5-7-16(8-6-14)20-22-19(25-23-20)13-24-18-10-9-15-3-1-2-4-17(15)11-18;/h5-11H,1-4,12-13,21H2;1H. The fourth-order valence-electron chi connectivity index (χ4n) is 3.17. The molecule has 5 nitrogen and oxygen atoms in total. The van der Waals surface area contributed by atoms with E-state index in [9.17, 15) is 0 Å². The van der Waals surface area contributed by atoms with E-state index in [1.165, 1.54) is 30.4 Å². The third-order valence-corrected chi connectivity index (χ3v) is 4.60. The molecular formula is C20H22ClN3O2. The summed E-state index contributed by atoms with van der Waals surface area (Å²) in [6.07, 6.45) is 4.85. The summed E-state index contributed by atoms with van der Waals surface area (Å²) in [5.74, 6) is 1.89. The van der Waals surface area contributed by atoms with Gasteiger partial charge in [-0.2, -0.15) is 4.98 Å². The van der Waals surface area contributed by atoms with Crippen LogP contribution in [0.3, 0.4) is 0 Å². The Kier molecular flexibility index (Phi) is 5.91. The maximum Gasteiger partial charge on any atom is 0.264 e. The Hall–Kier alpha value is -2.37. The van der Waals surface area contributed by atoms with Gasteiger partial charge in [0.1, 0.15) is 5.75 Å². The third kappa shape index (κ3) is 4.06. The highest BCUT2D eigenvalue weighted by Gasteiger charge is 2.12. The fourth-order valence-corrected chi connectivity index (χ4v) is 3.17. The summed E-state index contributed by atoms with van der Waals surface area (Å²) in [5.41, 5.74) is 10.4. The molecule has 2 N–H and O–H groups in total. The molecule has 3 aromatic rings. The summed E-state index contributed by atoms with van der Waals surface area (Å²) in [6.45, 7) is 0.791. The maximum absolute atomic E-state index is 5.83. The molecule has 1 heterocycles. The number of halogens is 1. The Balaban J connectivity index is 0.00000196. The van der Waals surface area contributed by atoms with Crippen LogP contribution in [-0.4, -0.2) is 10.1 Å². The van der Waals surface area contributed by atoms with Crippen LogP contribution in [0.1, 0.15) is 35.4 Å². The molecule has 2 aromatic carbocycles. The van der Waals surface area contributed by atoms with Gasteiger partial charge in [-0.05, 0) is 54.5 Å². The highest BCUT2D eigenvalue weighted by atomic mass is 35.5. The molecule has 0 bridgehead atoms. The Bertz CT molecular complexity index is 862. The molecule has 4 rings (SSSR count). The van der Waals surface area contributed by atoms with Crippen molar-refractivity contribution in [3.05, 3.63) is 65.0 Å². The molecular weight excluding hydrogens is 350 g/mol. The Morgan fingerprint density at radius 1 is 1.00 bits per heavy atom. The van der Waals surface area contributed by atoms with Crippen LogP contribution in [0.5, 0.6) is 5.75 Å². The molecule has 0 saturated carbocycles. The van der Waals surface area contributed by atoms with Crippen molar-refractivity contribution >= 4 is 12.4 Å². The largest absolute Gasteiger partial charge is 0.484 e. The van der Waals surface area contributed by atoms with E-state index in [0.717, 1.165) is 23.3 Å². The molecule has 136 valence electrons. The first kappa shape index (κ1) is 18.4. The SMILES string of the molecule is Cl.NCc1ccc(-c2noc(COc3ccc4c(c3)CCCC4)n2)cc1. The zero-order valence-electron chi connectivity index (χ0n) is 14.5. The van der Waals surface area contributed by atoms with Gasteiger partial charge in [-0.1, -0.05) is 35.5 Å². The van der Waals surface area contributed by atoms with Crippen LogP contribution < -0.4 is 10.5 Å². The van der Waals surface area contributed by atoms with E-state index >= 15 is 0 Å². The van der Waals surface area contributed by atoms with Gasteiger partial charge in [0, 0.05) is 12.1 Å². The monoisotopic (exact) mass is 371 g/mol. The van der Waals surface area contributed by atoms with Crippen molar-refractivity contribution in [2.45, 2.75) is 38.8 Å². The molecule has 0 saturated heterocycles. The van der Waals surface area contributed by atoms with E-state index in [1.807, 2.05) is 30.3 Å². The lowest BCUT2D eigenvalue weighted by atomic mass is 9.92. The van der Waals surface area contributed by atoms with Gasteiger partial charge in [-0.3, -0.25) is 0 Å². The van der Waals surface area contributed by atoms with Crippen LogP contribution in [0.2, 0.25) is 0 Å². The normalized spacial score (nSPS) is 13.0. The fraction of sp³-hybridized carbons (Fsp3) is 0.300. The van der Waals surface area contributed by atoms with Gasteiger partial charge in [0.2, 0.25) is 5.82 Å². The molecule has 1 aliphatic carbocycles. The van der Waals surface area contributed by atoms with E-state index in [4.69, 9.17) is 15.0 Å². The highest BCUT2D eigenvalue weighted by molar-refractivity contribution is 5.85. The minimum absolute atomic E-state index is 0. The topological polar surface area (TPSA) is 74.2 Å². The van der Waals surface area contributed by atoms with Crippen LogP contribution in [0.15, 0.2) is 47.0 Å². The molecule has 1 aliphatic rings. The number of ether oxygens (including phenoxy) is 1. The summed E-state index contributed by atoms with van der Waals surface area (Å²) in [4.78, 5) is 4.40. The summed E-state index contributed by atoms with van der Waals surface area (Å²) in [7, 11) is 0. The van der Waals surface area contributed by atoms with Crippen molar-refractivity contribution in [1.29, 1.82) is 0 Å². The summed E-state index contributed by atoms with van der Waals surface area (Å²) in [6, 6.07) is 14.2. The Morgan fingerprint density at radius 2 is 1.77 bits per heavy atom. The highest BCUT2D eigenvalue weighted by Crippen LogP contribution is 2.26. The van der Waals surface area contributed by atoms with Crippen LogP contribution in [-0.2, 0) is 26.0 Å². The van der Waals surface area contributed by atoms with Crippen LogP contribution >= 0.6 is 12.4 Å². The number of hydrogen-bond donors (Lipinski definition) is 1. The minimum atomic E-state index is 0. The van der Waals surface area contributed by atoms with E-state index in [-0.39, 0.29) is 19.0 Å². The number of hydrogen-bond acceptors (Lipinski definition) is 5. The zero-order valence-corrected chi connectivity index (χ0v) is 15.3. The van der Waals surface area contributed by atoms with E-state index < -0.39 is 0 Å². The molecule has 26 heavy (non-hydrogen) atoms. The smallest absolute Gasteiger partial charge is 0.264 e. The first-order valence-corrected chi connectivity index (χ1v) is 8.68. The van der Waals surface area contributed by atoms with Gasteiger partial charge in [0.05, 0.1) is 0 Å². The average molecular weight is 372 g/mol. The lowest BCUT2D eigenvalue weighted by molar-refractivity contribution is 0.242. The molecule has 0 spiro atoms. The molecule has 1 aromatic heterocycles. The third-order valence-electron chi connectivity index (χ3n) is 4.60. The van der Waals surface area contributed by atoms with Gasteiger partial charge in [0.15, 0.2) is 6.61 Å². The van der Waals surface area contributed by atoms with E-state index in [0.29, 0.717) is 18.3 Å². The number of rotatable bonds is 5. The van der Waals surface area contributed by atoms with E-state index in [2.05, 4.69) is 22.3 Å². The van der Waals surface area contributed by atoms with Crippen molar-refractivity contribution in [2.24, 2.45) is 5.73 Å². The first-order chi connectivity index (χ1) is 12.3. The number of nitrogens with two attached hydrogens (primary N) is 1. The van der Waals surface area contributed by atoms with Crippen molar-refractivity contribution < 1.29 is 9.26 Å². The Labute approximate surface area is 159 Å². The first-order valence-electron chi connectivity index (χ1n) is 8.68. The number of fused-ring (bicyclic) bond motifs is 1. The van der Waals surface area contributed by atoms with Crippen LogP contribution in [0.4, 0.5) is 0 Å². The summed E-state index contributed by atoms with van der Waals surface area (Å²) < 4.78 is 11.1. The molecule has 0 radical (unpaired) electrons. The van der Waals surface area contributed by atoms with Gasteiger partial charge in [0.25, 0.3) is 5.89 Å². The quantitative estimate of drug-likeness (QED) is 0.731. The maximum atomic E-state index is 5.83. The van der Waals surface area contributed by atoms with E-state index in [1.54, 1.807) is 0 Å². The second-order valence-corrected chi connectivity index (χ2v) is 6.34. The van der Waals surface area contributed by atoms with Crippen molar-refractivity contribution in [1.82, 2.24) is 10.1 Å². The predicted molar refractivity (Wildman–Crippen MR) is 102 cm³/mol.